The van der Waals surface area contributed by atoms with Crippen LogP contribution in [0.5, 0.6) is 0 Å². The van der Waals surface area contributed by atoms with Crippen LogP contribution in [0, 0.1) is 5.41 Å². The lowest BCUT2D eigenvalue weighted by molar-refractivity contribution is 0.571. The van der Waals surface area contributed by atoms with Gasteiger partial charge < -0.3 is 0 Å². The molecule has 2 aromatic carbocycles. The van der Waals surface area contributed by atoms with Crippen LogP contribution < -0.4 is 0 Å². The van der Waals surface area contributed by atoms with Gasteiger partial charge in [-0.1, -0.05) is 174 Å². The topological polar surface area (TPSA) is 12.9 Å². The van der Waals surface area contributed by atoms with E-state index in [0.717, 1.165) is 73.5 Å². The molecule has 1 aliphatic rings. The maximum Gasteiger partial charge on any atom is 0.0715 e. The molecule has 0 bridgehead atoms. The first-order chi connectivity index (χ1) is 23.2. The number of allylic oxidation sites excluding steroid dienone is 20. The zero-order chi connectivity index (χ0) is 34.5. The molecule has 1 aliphatic carbocycles. The maximum absolute atomic E-state index is 4.99. The molecule has 0 saturated carbocycles. The number of hydrogen-bond acceptors (Lipinski definition) is 1. The van der Waals surface area contributed by atoms with Crippen molar-refractivity contribution in [3.8, 4) is 22.3 Å². The second kappa shape index (κ2) is 16.9. The number of hydrogen-bond donors (Lipinski definition) is 0. The van der Waals surface area contributed by atoms with Crippen LogP contribution in [0.2, 0.25) is 0 Å². The lowest BCUT2D eigenvalue weighted by atomic mass is 9.77. The summed E-state index contributed by atoms with van der Waals surface area (Å²) in [4.78, 5) is 4.99. The van der Waals surface area contributed by atoms with Crippen molar-refractivity contribution < 1.29 is 0 Å². The van der Waals surface area contributed by atoms with E-state index in [-0.39, 0.29) is 5.41 Å². The highest BCUT2D eigenvalue weighted by molar-refractivity contribution is 5.83. The third kappa shape index (κ3) is 9.05. The highest BCUT2D eigenvalue weighted by atomic mass is 14.7. The quantitative estimate of drug-likeness (QED) is 0.216. The second-order valence-electron chi connectivity index (χ2n) is 12.3. The fraction of sp³-hybridized carbons (Fsp3) is 0.128. The summed E-state index contributed by atoms with van der Waals surface area (Å²) >= 11 is 0. The van der Waals surface area contributed by atoms with Gasteiger partial charge >= 0.3 is 0 Å². The summed E-state index contributed by atoms with van der Waals surface area (Å²) in [5.74, 6) is 0. The van der Waals surface area contributed by atoms with E-state index in [1.54, 1.807) is 6.08 Å². The minimum Gasteiger partial charge on any atom is -0.248 e. The third-order valence-electron chi connectivity index (χ3n) is 8.49. The summed E-state index contributed by atoms with van der Waals surface area (Å²) in [7, 11) is 0. The summed E-state index contributed by atoms with van der Waals surface area (Å²) < 4.78 is 0. The van der Waals surface area contributed by atoms with Crippen molar-refractivity contribution in [1.29, 1.82) is 0 Å². The molecule has 48 heavy (non-hydrogen) atoms. The van der Waals surface area contributed by atoms with Crippen LogP contribution >= 0.6 is 0 Å². The zero-order valence-corrected chi connectivity index (χ0v) is 28.9. The third-order valence-corrected chi connectivity index (χ3v) is 8.49. The Kier molecular flexibility index (Phi) is 12.4. The van der Waals surface area contributed by atoms with Gasteiger partial charge in [-0.25, -0.2) is 4.98 Å². The van der Waals surface area contributed by atoms with Gasteiger partial charge in [-0.05, 0) is 94.2 Å². The SMILES string of the molecule is C=C/C=C(\C=C/C)c1cc(-c2cccc(-c3ccc(C4=C/C(=C)C(C)(C)C(=C)/C=C\C=C/C/C=C\4)cc3)c2)cc(C(=C)/C=C\C=C/C)n1. The summed E-state index contributed by atoms with van der Waals surface area (Å²) in [6.07, 6.45) is 31.6. The predicted octanol–water partition coefficient (Wildman–Crippen LogP) is 13.3. The molecule has 0 N–H and O–H groups in total. The lowest BCUT2D eigenvalue weighted by Crippen LogP contribution is -2.14. The molecule has 0 fully saturated rings. The molecule has 3 aromatic rings. The van der Waals surface area contributed by atoms with Crippen molar-refractivity contribution >= 4 is 16.7 Å². The van der Waals surface area contributed by atoms with Crippen LogP contribution in [0.4, 0.5) is 0 Å². The number of benzene rings is 2. The van der Waals surface area contributed by atoms with Crippen molar-refractivity contribution in [1.82, 2.24) is 4.98 Å². The van der Waals surface area contributed by atoms with Crippen molar-refractivity contribution in [3.05, 3.63) is 206 Å². The number of rotatable bonds is 9. The first kappa shape index (κ1) is 35.3. The van der Waals surface area contributed by atoms with Crippen molar-refractivity contribution in [3.63, 3.8) is 0 Å². The molecule has 1 heterocycles. The maximum atomic E-state index is 4.99. The Morgan fingerprint density at radius 3 is 2.15 bits per heavy atom. The molecule has 0 saturated heterocycles. The first-order valence-corrected chi connectivity index (χ1v) is 16.5. The van der Waals surface area contributed by atoms with Gasteiger partial charge in [-0.15, -0.1) is 0 Å². The van der Waals surface area contributed by atoms with Crippen LogP contribution in [-0.4, -0.2) is 4.98 Å². The average molecular weight is 626 g/mol. The molecule has 0 aliphatic heterocycles. The minimum absolute atomic E-state index is 0.264. The van der Waals surface area contributed by atoms with Crippen LogP contribution in [0.1, 0.15) is 51.1 Å². The Balaban J connectivity index is 1.73. The molecular weight excluding hydrogens is 579 g/mol. The van der Waals surface area contributed by atoms with Gasteiger partial charge in [0.25, 0.3) is 0 Å². The van der Waals surface area contributed by atoms with Gasteiger partial charge in [-0.3, -0.25) is 0 Å². The second-order valence-corrected chi connectivity index (χ2v) is 12.3. The monoisotopic (exact) mass is 625 g/mol. The molecule has 0 amide bonds. The van der Waals surface area contributed by atoms with E-state index in [1.807, 2.05) is 50.3 Å². The lowest BCUT2D eigenvalue weighted by Gasteiger charge is -2.27. The Hall–Kier alpha value is -5.53. The fourth-order valence-electron chi connectivity index (χ4n) is 5.26. The number of pyridine rings is 1. The molecule has 0 spiro atoms. The standard InChI is InChI=1S/C47H47N/c1-9-12-16-22-35(4)45-33-44(34-46(48-45)40(20-10-2)21-11-3)43-26-19-25-42(32-43)39-29-27-38(28-30-39)41-24-18-15-13-14-17-23-36(5)47(7,8)37(6)31-41/h9-14,16-34H,2,4-6,15H2,1,3,7-8H3/b12-9-,14-13-,21-11-,22-16-,23-17-,24-18-,40-20+,41-31+. The Bertz CT molecular complexity index is 1920. The highest BCUT2D eigenvalue weighted by Crippen LogP contribution is 2.37. The van der Waals surface area contributed by atoms with Crippen LogP contribution in [0.25, 0.3) is 39.0 Å². The largest absolute Gasteiger partial charge is 0.248 e. The summed E-state index contributed by atoms with van der Waals surface area (Å²) in [6, 6.07) is 21.7. The van der Waals surface area contributed by atoms with E-state index < -0.39 is 0 Å². The number of nitrogens with zero attached hydrogens (tertiary/aromatic N) is 1. The van der Waals surface area contributed by atoms with Gasteiger partial charge in [0.15, 0.2) is 0 Å². The van der Waals surface area contributed by atoms with E-state index in [0.29, 0.717) is 0 Å². The molecule has 0 radical (unpaired) electrons. The van der Waals surface area contributed by atoms with E-state index in [4.69, 9.17) is 4.98 Å². The molecule has 4 rings (SSSR count). The summed E-state index contributed by atoms with van der Waals surface area (Å²) in [5.41, 5.74) is 12.1. The van der Waals surface area contributed by atoms with Gasteiger partial charge in [-0.2, -0.15) is 0 Å². The molecule has 0 atom stereocenters. The van der Waals surface area contributed by atoms with Crippen molar-refractivity contribution in [2.24, 2.45) is 5.41 Å². The Morgan fingerprint density at radius 1 is 0.729 bits per heavy atom. The average Bonchev–Trinajstić information content (AvgIpc) is 3.10. The summed E-state index contributed by atoms with van der Waals surface area (Å²) in [5, 5.41) is 0. The van der Waals surface area contributed by atoms with Crippen molar-refractivity contribution in [2.75, 3.05) is 0 Å². The molecule has 0 unspecified atom stereocenters. The van der Waals surface area contributed by atoms with Crippen LogP contribution in [-0.2, 0) is 0 Å². The highest BCUT2D eigenvalue weighted by Gasteiger charge is 2.23. The van der Waals surface area contributed by atoms with Crippen LogP contribution in [0.3, 0.4) is 0 Å². The van der Waals surface area contributed by atoms with E-state index in [2.05, 4.69) is 149 Å². The molecule has 1 heteroatoms. The van der Waals surface area contributed by atoms with Gasteiger partial charge in [0.2, 0.25) is 0 Å². The first-order valence-electron chi connectivity index (χ1n) is 16.5. The molecule has 1 aromatic heterocycles. The minimum atomic E-state index is -0.264. The smallest absolute Gasteiger partial charge is 0.0715 e. The van der Waals surface area contributed by atoms with Crippen LogP contribution in [0.15, 0.2) is 189 Å². The van der Waals surface area contributed by atoms with Gasteiger partial charge in [0.05, 0.1) is 11.4 Å². The van der Waals surface area contributed by atoms with Gasteiger partial charge in [0, 0.05) is 5.41 Å². The van der Waals surface area contributed by atoms with E-state index in [9.17, 15) is 0 Å². The van der Waals surface area contributed by atoms with E-state index in [1.165, 1.54) is 0 Å². The summed E-state index contributed by atoms with van der Waals surface area (Å²) in [6.45, 7) is 25.4. The molecule has 240 valence electrons. The number of aromatic nitrogens is 1. The molecular formula is C47H47N. The zero-order valence-electron chi connectivity index (χ0n) is 28.9. The van der Waals surface area contributed by atoms with Gasteiger partial charge in [0.1, 0.15) is 0 Å². The fourth-order valence-corrected chi connectivity index (χ4v) is 5.26. The normalized spacial score (nSPS) is 18.7. The predicted molar refractivity (Wildman–Crippen MR) is 213 cm³/mol. The Labute approximate surface area is 288 Å². The molecule has 1 nitrogen and oxygen atoms in total. The van der Waals surface area contributed by atoms with E-state index >= 15 is 0 Å². The Morgan fingerprint density at radius 2 is 1.44 bits per heavy atom. The van der Waals surface area contributed by atoms with Crippen molar-refractivity contribution in [2.45, 2.75) is 34.1 Å².